The van der Waals surface area contributed by atoms with Gasteiger partial charge in [0.2, 0.25) is 35.4 Å². The van der Waals surface area contributed by atoms with E-state index in [9.17, 15) is 43.5 Å². The summed E-state index contributed by atoms with van der Waals surface area (Å²) in [5.41, 5.74) is 6.34. The molecule has 9 N–H and O–H groups in total. The number of carboxylic acid groups (broad SMARTS) is 1. The summed E-state index contributed by atoms with van der Waals surface area (Å²) in [6, 6.07) is 1.83. The monoisotopic (exact) mass is 1110 g/mol. The summed E-state index contributed by atoms with van der Waals surface area (Å²) < 4.78 is 12.2. The Kier molecular flexibility index (Phi) is 23.7. The predicted molar refractivity (Wildman–Crippen MR) is 296 cm³/mol. The van der Waals surface area contributed by atoms with Crippen molar-refractivity contribution in [2.75, 3.05) is 46.7 Å². The maximum atomic E-state index is 14.6. The molecule has 1 aromatic heterocycles. The van der Waals surface area contributed by atoms with Crippen LogP contribution in [0, 0.1) is 29.6 Å². The fraction of sp³-hybridized carbons (Fsp3) is 0.691. The molecule has 5 rings (SSSR count). The molecular weight excluding hydrogens is 1020 g/mol. The molecule has 13 atom stereocenters. The van der Waals surface area contributed by atoms with Gasteiger partial charge in [0.15, 0.2) is 0 Å². The Bertz CT molecular complexity index is 2360. The molecule has 78 heavy (non-hydrogen) atoms. The number of urea groups is 1. The number of anilines is 1. The smallest absolute Gasteiger partial charge is 0.405 e. The molecule has 434 valence electrons. The third-order valence-electron chi connectivity index (χ3n) is 16.2. The summed E-state index contributed by atoms with van der Waals surface area (Å²) in [6.07, 6.45) is 4.57. The average molecular weight is 1110 g/mol. The first kappa shape index (κ1) is 62.9. The van der Waals surface area contributed by atoms with E-state index in [0.717, 1.165) is 24.8 Å². The standard InChI is InChI=1S/C55H87N11O11S/c1-12-32(6)45(65(9)53(72)44(31(4)5)62-51(71)46-35-20-21-37(28-35)64(46)8)41(76-10)29-42(67)66-24-15-19-40(66)47(77-11)33(7)48(68)61-39(52-57-23-25-78-52)27-34-16-13-17-36(26-34)59-49(69)38(18-14-22-58-54(56)73)60-50(70)43(30(2)3)63-55(74)75/h13,16-17,23,25-26,30-33,35,37-41,43-47,63H,12,14-15,18-22,24,27-29H2,1-11H3,(H,59,69)(H,60,70)(H,61,68)(H,62,71)(H,74,75)(H3,56,58,73)/t32-,33+,35-,37+,38-,39-,40-,41+,43-,44-,45-,46-,47+/m0/s1. The van der Waals surface area contributed by atoms with E-state index in [-0.39, 0.29) is 79.7 Å². The van der Waals surface area contributed by atoms with Crippen LogP contribution in [0.5, 0.6) is 0 Å². The number of likely N-dealkylation sites (tertiary alicyclic amines) is 2. The quantitative estimate of drug-likeness (QED) is 0.0530. The summed E-state index contributed by atoms with van der Waals surface area (Å²) in [4.78, 5) is 117. The van der Waals surface area contributed by atoms with Gasteiger partial charge in [0.1, 0.15) is 23.1 Å². The molecule has 3 heterocycles. The van der Waals surface area contributed by atoms with Gasteiger partial charge in [-0.3, -0.25) is 33.7 Å². The zero-order chi connectivity index (χ0) is 57.5. The van der Waals surface area contributed by atoms with Crippen molar-refractivity contribution in [2.45, 2.75) is 173 Å². The molecule has 1 aromatic carbocycles. The van der Waals surface area contributed by atoms with E-state index in [1.165, 1.54) is 18.4 Å². The van der Waals surface area contributed by atoms with Gasteiger partial charge in [0.25, 0.3) is 0 Å². The number of ether oxygens (including phenoxy) is 2. The number of aromatic nitrogens is 1. The number of carbonyl (C=O) groups is 8. The number of primary amides is 1. The first-order valence-corrected chi connectivity index (χ1v) is 28.5. The van der Waals surface area contributed by atoms with Gasteiger partial charge in [-0.05, 0) is 99.8 Å². The van der Waals surface area contributed by atoms with Gasteiger partial charge in [-0.15, -0.1) is 11.3 Å². The summed E-state index contributed by atoms with van der Waals surface area (Å²) >= 11 is 1.37. The molecule has 23 heteroatoms. The summed E-state index contributed by atoms with van der Waals surface area (Å²) in [6.45, 7) is 13.6. The van der Waals surface area contributed by atoms with Gasteiger partial charge in [0, 0.05) is 57.7 Å². The van der Waals surface area contributed by atoms with Crippen LogP contribution >= 0.6 is 11.3 Å². The van der Waals surface area contributed by atoms with Crippen molar-refractivity contribution >= 4 is 64.6 Å². The van der Waals surface area contributed by atoms with E-state index in [1.807, 2.05) is 46.2 Å². The number of nitrogens with two attached hydrogens (primary N) is 1. The molecule has 2 saturated heterocycles. The first-order valence-electron chi connectivity index (χ1n) is 27.6. The number of benzene rings is 1. The number of hydrogen-bond donors (Lipinski definition) is 8. The maximum Gasteiger partial charge on any atom is 0.405 e. The van der Waals surface area contributed by atoms with Crippen molar-refractivity contribution in [3.63, 3.8) is 0 Å². The Hall–Kier alpha value is -5.91. The topological polar surface area (TPSA) is 296 Å². The molecule has 0 unspecified atom stereocenters. The van der Waals surface area contributed by atoms with Crippen LogP contribution in [-0.4, -0.2) is 168 Å². The molecule has 2 aromatic rings. The zero-order valence-corrected chi connectivity index (χ0v) is 48.2. The summed E-state index contributed by atoms with van der Waals surface area (Å²) in [5, 5.41) is 28.3. The number of nitrogens with zero attached hydrogens (tertiary/aromatic N) is 4. The molecule has 9 amide bonds. The van der Waals surface area contributed by atoms with Crippen LogP contribution in [0.25, 0.3) is 0 Å². The van der Waals surface area contributed by atoms with Crippen molar-refractivity contribution in [3.05, 3.63) is 46.4 Å². The molecular formula is C55H87N11O11S. The Morgan fingerprint density at radius 1 is 0.910 bits per heavy atom. The number of likely N-dealkylation sites (N-methyl/N-ethyl adjacent to an activating group) is 2. The molecule has 2 bridgehead atoms. The fourth-order valence-corrected chi connectivity index (χ4v) is 12.4. The molecule has 22 nitrogen and oxygen atoms in total. The third-order valence-corrected chi connectivity index (χ3v) is 17.1. The van der Waals surface area contributed by atoms with Gasteiger partial charge in [-0.1, -0.05) is 67.0 Å². The minimum atomic E-state index is -1.39. The SMILES string of the molecule is CC[C@H](C)[C@@H]([C@@H](CC(=O)N1CCC[C@H]1[C@H](OC)[C@@H](C)C(=O)N[C@@H](Cc1cccc(NC(=O)[C@H](CCCNC(N)=O)NC(=O)[C@@H](NC(=O)O)C(C)C)c1)c1nccs1)OC)N(C)C(=O)[C@@H](NC(=O)[C@@H]1[C@H]2CC[C@H](C2)N1C)C(C)C. The van der Waals surface area contributed by atoms with E-state index in [4.69, 9.17) is 15.2 Å². The highest BCUT2D eigenvalue weighted by molar-refractivity contribution is 7.09. The van der Waals surface area contributed by atoms with Crippen LogP contribution in [0.4, 0.5) is 15.3 Å². The number of thiazole rings is 1. The lowest BCUT2D eigenvalue weighted by Crippen LogP contribution is -2.60. The number of piperidine rings is 1. The second-order valence-corrected chi connectivity index (χ2v) is 23.1. The number of rotatable bonds is 29. The van der Waals surface area contributed by atoms with Crippen molar-refractivity contribution in [3.8, 4) is 0 Å². The van der Waals surface area contributed by atoms with Crippen molar-refractivity contribution in [1.29, 1.82) is 0 Å². The number of methoxy groups -OCH3 is 2. The molecule has 3 aliphatic rings. The number of carbonyl (C=O) groups excluding carboxylic acids is 7. The second-order valence-electron chi connectivity index (χ2n) is 22.1. The highest BCUT2D eigenvalue weighted by Gasteiger charge is 2.49. The van der Waals surface area contributed by atoms with Crippen LogP contribution in [-0.2, 0) is 44.7 Å². The van der Waals surface area contributed by atoms with Gasteiger partial charge in [-0.25, -0.2) is 14.6 Å². The Morgan fingerprint density at radius 3 is 2.22 bits per heavy atom. The van der Waals surface area contributed by atoms with E-state index in [2.05, 4.69) is 41.8 Å². The largest absolute Gasteiger partial charge is 0.465 e. The number of nitrogens with one attached hydrogen (secondary N) is 6. The molecule has 0 spiro atoms. The van der Waals surface area contributed by atoms with Crippen molar-refractivity contribution < 1.29 is 52.9 Å². The number of amides is 9. The van der Waals surface area contributed by atoms with E-state index in [0.29, 0.717) is 42.5 Å². The Balaban J connectivity index is 1.27. The third kappa shape index (κ3) is 16.3. The van der Waals surface area contributed by atoms with Crippen molar-refractivity contribution in [2.24, 2.45) is 35.3 Å². The van der Waals surface area contributed by atoms with Crippen LogP contribution in [0.3, 0.4) is 0 Å². The second kappa shape index (κ2) is 29.3. The minimum absolute atomic E-state index is 0.0243. The summed E-state index contributed by atoms with van der Waals surface area (Å²) in [5.74, 6) is -3.27. The van der Waals surface area contributed by atoms with Crippen LogP contribution in [0.15, 0.2) is 35.8 Å². The molecule has 1 aliphatic carbocycles. The fourth-order valence-electron chi connectivity index (χ4n) is 11.8. The Morgan fingerprint density at radius 2 is 1.63 bits per heavy atom. The highest BCUT2D eigenvalue weighted by Crippen LogP contribution is 2.41. The van der Waals surface area contributed by atoms with Crippen LogP contribution in [0.1, 0.15) is 123 Å². The average Bonchev–Trinajstić information content (AvgIpc) is 4.26. The lowest BCUT2D eigenvalue weighted by Gasteiger charge is -2.41. The van der Waals surface area contributed by atoms with Gasteiger partial charge < -0.3 is 62.0 Å². The Labute approximate surface area is 463 Å². The summed E-state index contributed by atoms with van der Waals surface area (Å²) in [7, 11) is 6.82. The van der Waals surface area contributed by atoms with E-state index >= 15 is 0 Å². The molecule has 3 fully saturated rings. The predicted octanol–water partition coefficient (Wildman–Crippen LogP) is 4.25. The molecule has 2 aliphatic heterocycles. The molecule has 1 saturated carbocycles. The van der Waals surface area contributed by atoms with E-state index < -0.39 is 84.2 Å². The van der Waals surface area contributed by atoms with Crippen LogP contribution < -0.4 is 37.6 Å². The minimum Gasteiger partial charge on any atom is -0.465 e. The number of fused-ring (bicyclic) bond motifs is 2. The van der Waals surface area contributed by atoms with Crippen LogP contribution in [0.2, 0.25) is 0 Å². The normalized spacial score (nSPS) is 21.6. The highest BCUT2D eigenvalue weighted by atomic mass is 32.1. The lowest BCUT2D eigenvalue weighted by atomic mass is 9.89. The number of hydrogen-bond acceptors (Lipinski definition) is 13. The van der Waals surface area contributed by atoms with Crippen molar-refractivity contribution in [1.82, 2.24) is 46.3 Å². The van der Waals surface area contributed by atoms with E-state index in [1.54, 1.807) is 69.1 Å². The lowest BCUT2D eigenvalue weighted by molar-refractivity contribution is -0.148. The van der Waals surface area contributed by atoms with Gasteiger partial charge in [-0.2, -0.15) is 0 Å². The van der Waals surface area contributed by atoms with Gasteiger partial charge in [0.05, 0.1) is 48.7 Å². The van der Waals surface area contributed by atoms with Gasteiger partial charge >= 0.3 is 12.1 Å². The first-order chi connectivity index (χ1) is 37.0. The zero-order valence-electron chi connectivity index (χ0n) is 47.4. The molecule has 0 radical (unpaired) electrons. The maximum absolute atomic E-state index is 14.6.